The van der Waals surface area contributed by atoms with Gasteiger partial charge in [0, 0.05) is 23.3 Å². The molecule has 4 heteroatoms. The van der Waals surface area contributed by atoms with E-state index in [4.69, 9.17) is 0 Å². The molecule has 0 radical (unpaired) electrons. The molecule has 0 bridgehead atoms. The van der Waals surface area contributed by atoms with Gasteiger partial charge in [-0.25, -0.2) is 0 Å². The molecule has 6 atom stereocenters. The standard InChI is InChI=1S/C21H30O2S2/c1-2-20-12-17(22)19-14-7-8-21(24-9-10-25-21)11-13(14)3-4-15(19)16(20)5-6-18(20)23/h11,14-17,19,22H,2-10,12H2,1H3/t14?,15?,16?,17-,19?,20?/m1/s1. The molecule has 1 N–H and O–H groups in total. The number of Topliss-reactive ketones (excluding diaryl/α,β-unsaturated/α-hetero) is 1. The van der Waals surface area contributed by atoms with Crippen molar-refractivity contribution in [1.82, 2.24) is 0 Å². The topological polar surface area (TPSA) is 37.3 Å². The maximum Gasteiger partial charge on any atom is 0.139 e. The van der Waals surface area contributed by atoms with E-state index in [0.717, 1.165) is 25.7 Å². The first-order valence-corrected chi connectivity index (χ1v) is 12.3. The second kappa shape index (κ2) is 6.04. The number of carbonyl (C=O) groups is 1. The molecule has 0 aromatic rings. The van der Waals surface area contributed by atoms with Crippen LogP contribution in [0.25, 0.3) is 0 Å². The molecule has 0 aromatic heterocycles. The maximum absolute atomic E-state index is 12.7. The smallest absolute Gasteiger partial charge is 0.139 e. The van der Waals surface area contributed by atoms with Crippen molar-refractivity contribution in [1.29, 1.82) is 0 Å². The lowest BCUT2D eigenvalue weighted by Gasteiger charge is -2.55. The molecule has 0 amide bonds. The number of allylic oxidation sites excluding steroid dienone is 1. The third-order valence-electron chi connectivity index (χ3n) is 8.30. The lowest BCUT2D eigenvalue weighted by Crippen LogP contribution is -2.54. The second-order valence-electron chi connectivity index (χ2n) is 9.00. The highest BCUT2D eigenvalue weighted by atomic mass is 32.2. The Bertz CT molecular complexity index is 609. The third-order valence-corrected chi connectivity index (χ3v) is 11.7. The summed E-state index contributed by atoms with van der Waals surface area (Å²) < 4.78 is 0.356. The fourth-order valence-corrected chi connectivity index (χ4v) is 10.5. The van der Waals surface area contributed by atoms with Crippen LogP contribution in [-0.4, -0.2) is 32.6 Å². The molecule has 0 aromatic carbocycles. The van der Waals surface area contributed by atoms with Gasteiger partial charge in [0.1, 0.15) is 5.78 Å². The summed E-state index contributed by atoms with van der Waals surface area (Å²) in [5, 5.41) is 11.2. The highest BCUT2D eigenvalue weighted by Gasteiger charge is 2.60. The molecular weight excluding hydrogens is 348 g/mol. The molecule has 5 aliphatic rings. The largest absolute Gasteiger partial charge is 0.393 e. The number of hydrogen-bond acceptors (Lipinski definition) is 4. The van der Waals surface area contributed by atoms with Crippen molar-refractivity contribution < 1.29 is 9.90 Å². The fourth-order valence-electron chi connectivity index (χ4n) is 7.27. The highest BCUT2D eigenvalue weighted by Crippen LogP contribution is 2.63. The Kier molecular flexibility index (Phi) is 4.15. The minimum absolute atomic E-state index is 0.186. The predicted octanol–water partition coefficient (Wildman–Crippen LogP) is 4.67. The Morgan fingerprint density at radius 3 is 2.76 bits per heavy atom. The number of aliphatic hydroxyl groups is 1. The van der Waals surface area contributed by atoms with E-state index in [0.29, 0.717) is 33.5 Å². The Balaban J connectivity index is 1.47. The van der Waals surface area contributed by atoms with Crippen LogP contribution in [0.15, 0.2) is 11.6 Å². The first kappa shape index (κ1) is 17.2. The van der Waals surface area contributed by atoms with Crippen LogP contribution in [-0.2, 0) is 4.79 Å². The van der Waals surface area contributed by atoms with E-state index in [1.807, 2.05) is 0 Å². The Hall–Kier alpha value is 0.0700. The van der Waals surface area contributed by atoms with Crippen molar-refractivity contribution in [3.8, 4) is 0 Å². The molecule has 2 nitrogen and oxygen atoms in total. The van der Waals surface area contributed by atoms with Gasteiger partial charge in [-0.2, -0.15) is 0 Å². The molecule has 1 aliphatic heterocycles. The average Bonchev–Trinajstić information content (AvgIpc) is 3.20. The van der Waals surface area contributed by atoms with E-state index in [-0.39, 0.29) is 11.5 Å². The summed E-state index contributed by atoms with van der Waals surface area (Å²) in [7, 11) is 0. The number of hydrogen-bond donors (Lipinski definition) is 1. The summed E-state index contributed by atoms with van der Waals surface area (Å²) >= 11 is 4.30. The van der Waals surface area contributed by atoms with Crippen molar-refractivity contribution in [3.05, 3.63) is 11.6 Å². The Labute approximate surface area is 160 Å². The summed E-state index contributed by atoms with van der Waals surface area (Å²) in [6.45, 7) is 2.18. The lowest BCUT2D eigenvalue weighted by atomic mass is 9.50. The van der Waals surface area contributed by atoms with Crippen LogP contribution in [0.2, 0.25) is 0 Å². The number of ketones is 1. The third kappa shape index (κ3) is 2.39. The van der Waals surface area contributed by atoms with Crippen LogP contribution in [0.3, 0.4) is 0 Å². The number of aliphatic hydroxyl groups excluding tert-OH is 1. The zero-order valence-corrected chi connectivity index (χ0v) is 16.8. The van der Waals surface area contributed by atoms with Gasteiger partial charge in [0.2, 0.25) is 0 Å². The molecule has 138 valence electrons. The van der Waals surface area contributed by atoms with Crippen molar-refractivity contribution in [2.45, 2.75) is 68.5 Å². The number of fused-ring (bicyclic) bond motifs is 5. The first-order chi connectivity index (χ1) is 12.1. The molecule has 4 fully saturated rings. The van der Waals surface area contributed by atoms with Gasteiger partial charge in [-0.05, 0) is 68.6 Å². The number of carbonyl (C=O) groups excluding carboxylic acids is 1. The minimum Gasteiger partial charge on any atom is -0.393 e. The van der Waals surface area contributed by atoms with Gasteiger partial charge in [-0.1, -0.05) is 18.6 Å². The van der Waals surface area contributed by atoms with Gasteiger partial charge in [0.25, 0.3) is 0 Å². The quantitative estimate of drug-likeness (QED) is 0.673. The molecular formula is C21H30O2S2. The van der Waals surface area contributed by atoms with Gasteiger partial charge in [0.15, 0.2) is 0 Å². The van der Waals surface area contributed by atoms with Crippen LogP contribution in [0.4, 0.5) is 0 Å². The van der Waals surface area contributed by atoms with E-state index in [9.17, 15) is 9.90 Å². The summed E-state index contributed by atoms with van der Waals surface area (Å²) in [6, 6.07) is 0. The SMILES string of the molecule is CCC12C[C@@H](O)C3C4CCC5(C=C4CCC3C1CCC2=O)SCCS5. The van der Waals surface area contributed by atoms with E-state index in [2.05, 4.69) is 36.5 Å². The van der Waals surface area contributed by atoms with Crippen molar-refractivity contribution in [2.24, 2.45) is 29.1 Å². The van der Waals surface area contributed by atoms with Gasteiger partial charge in [-0.3, -0.25) is 4.79 Å². The van der Waals surface area contributed by atoms with Crippen LogP contribution >= 0.6 is 23.5 Å². The number of rotatable bonds is 1. The molecule has 3 saturated carbocycles. The van der Waals surface area contributed by atoms with E-state index in [1.165, 1.54) is 37.2 Å². The first-order valence-electron chi connectivity index (χ1n) is 10.3. The molecule has 4 aliphatic carbocycles. The molecule has 5 unspecified atom stereocenters. The van der Waals surface area contributed by atoms with Gasteiger partial charge < -0.3 is 5.11 Å². The maximum atomic E-state index is 12.7. The predicted molar refractivity (Wildman–Crippen MR) is 106 cm³/mol. The van der Waals surface area contributed by atoms with Crippen molar-refractivity contribution >= 4 is 29.3 Å². The van der Waals surface area contributed by atoms with E-state index < -0.39 is 0 Å². The average molecular weight is 379 g/mol. The van der Waals surface area contributed by atoms with Crippen molar-refractivity contribution in [3.63, 3.8) is 0 Å². The molecule has 5 rings (SSSR count). The van der Waals surface area contributed by atoms with Gasteiger partial charge in [-0.15, -0.1) is 23.5 Å². The minimum atomic E-state index is -0.269. The monoisotopic (exact) mass is 378 g/mol. The molecule has 1 heterocycles. The van der Waals surface area contributed by atoms with Crippen LogP contribution in [0.1, 0.15) is 58.3 Å². The fraction of sp³-hybridized carbons (Fsp3) is 0.857. The number of thioether (sulfide) groups is 2. The van der Waals surface area contributed by atoms with Crippen LogP contribution < -0.4 is 0 Å². The molecule has 25 heavy (non-hydrogen) atoms. The zero-order chi connectivity index (χ0) is 17.2. The molecule has 1 spiro atoms. The second-order valence-corrected chi connectivity index (χ2v) is 12.1. The normalized spacial score (nSPS) is 48.0. The Morgan fingerprint density at radius 2 is 2.00 bits per heavy atom. The van der Waals surface area contributed by atoms with Gasteiger partial charge in [0.05, 0.1) is 10.2 Å². The van der Waals surface area contributed by atoms with E-state index >= 15 is 0 Å². The molecule has 1 saturated heterocycles. The summed E-state index contributed by atoms with van der Waals surface area (Å²) in [5.41, 5.74) is 1.47. The van der Waals surface area contributed by atoms with E-state index in [1.54, 1.807) is 5.57 Å². The lowest BCUT2D eigenvalue weighted by molar-refractivity contribution is -0.143. The Morgan fingerprint density at radius 1 is 1.20 bits per heavy atom. The van der Waals surface area contributed by atoms with Crippen LogP contribution in [0.5, 0.6) is 0 Å². The zero-order valence-electron chi connectivity index (χ0n) is 15.2. The summed E-state index contributed by atoms with van der Waals surface area (Å²) in [6.07, 6.45) is 10.8. The summed E-state index contributed by atoms with van der Waals surface area (Å²) in [4.78, 5) is 12.7. The van der Waals surface area contributed by atoms with Gasteiger partial charge >= 0.3 is 0 Å². The van der Waals surface area contributed by atoms with Crippen LogP contribution in [0, 0.1) is 29.1 Å². The summed E-state index contributed by atoms with van der Waals surface area (Å²) in [5.74, 6) is 5.17. The highest BCUT2D eigenvalue weighted by molar-refractivity contribution is 8.21. The van der Waals surface area contributed by atoms with Crippen molar-refractivity contribution in [2.75, 3.05) is 11.5 Å².